The molecule has 0 bridgehead atoms. The molecule has 0 aromatic carbocycles. The van der Waals surface area contributed by atoms with Gasteiger partial charge >= 0.3 is 5.97 Å². The second-order valence-corrected chi connectivity index (χ2v) is 8.71. The Hall–Kier alpha value is -1.89. The number of carboxylic acid groups (broad SMARTS) is 1. The number of nitrogens with zero attached hydrogens (tertiary/aromatic N) is 4. The summed E-state index contributed by atoms with van der Waals surface area (Å²) in [5, 5.41) is 14.0. The quantitative estimate of drug-likeness (QED) is 0.853. The molecule has 148 valence electrons. The summed E-state index contributed by atoms with van der Waals surface area (Å²) in [4.78, 5) is 29.3. The summed E-state index contributed by atoms with van der Waals surface area (Å²) < 4.78 is 1.90. The summed E-state index contributed by atoms with van der Waals surface area (Å²) in [6.07, 6.45) is 5.04. The minimum absolute atomic E-state index is 0.132. The van der Waals surface area contributed by atoms with Gasteiger partial charge in [-0.3, -0.25) is 9.48 Å². The zero-order chi connectivity index (χ0) is 19.2. The van der Waals surface area contributed by atoms with Crippen LogP contribution < -0.4 is 0 Å². The van der Waals surface area contributed by atoms with Crippen LogP contribution in [0.5, 0.6) is 0 Å². The van der Waals surface area contributed by atoms with E-state index in [0.29, 0.717) is 25.4 Å². The molecule has 2 aliphatic heterocycles. The van der Waals surface area contributed by atoms with Gasteiger partial charge in [-0.15, -0.1) is 0 Å². The summed E-state index contributed by atoms with van der Waals surface area (Å²) in [6.45, 7) is 8.86. The second kappa shape index (κ2) is 6.93. The van der Waals surface area contributed by atoms with E-state index in [9.17, 15) is 14.7 Å². The minimum Gasteiger partial charge on any atom is -0.476 e. The maximum Gasteiger partial charge on any atom is 0.356 e. The number of hydrogen-bond acceptors (Lipinski definition) is 4. The Morgan fingerprint density at radius 2 is 2.07 bits per heavy atom. The lowest BCUT2D eigenvalue weighted by molar-refractivity contribution is -0.145. The predicted octanol–water partition coefficient (Wildman–Crippen LogP) is 2.00. The fourth-order valence-corrected chi connectivity index (χ4v) is 4.70. The largest absolute Gasteiger partial charge is 0.476 e. The Labute approximate surface area is 160 Å². The van der Waals surface area contributed by atoms with Gasteiger partial charge in [0.25, 0.3) is 0 Å². The molecule has 2 fully saturated rings. The molecule has 0 radical (unpaired) electrons. The number of carbonyl (C=O) groups is 2. The molecule has 3 heterocycles. The summed E-state index contributed by atoms with van der Waals surface area (Å²) in [5.74, 6) is -0.190. The molecule has 1 atom stereocenters. The third kappa shape index (κ3) is 3.49. The highest BCUT2D eigenvalue weighted by molar-refractivity contribution is 5.88. The van der Waals surface area contributed by atoms with E-state index in [0.717, 1.165) is 50.3 Å². The number of aromatic nitrogens is 2. The van der Waals surface area contributed by atoms with Crippen molar-refractivity contribution in [2.24, 2.45) is 11.3 Å². The predicted molar refractivity (Wildman–Crippen MR) is 100 cm³/mol. The van der Waals surface area contributed by atoms with Crippen LogP contribution in [0.15, 0.2) is 0 Å². The van der Waals surface area contributed by atoms with Gasteiger partial charge < -0.3 is 14.9 Å². The van der Waals surface area contributed by atoms with E-state index in [4.69, 9.17) is 0 Å². The lowest BCUT2D eigenvalue weighted by Gasteiger charge is -2.42. The van der Waals surface area contributed by atoms with E-state index in [-0.39, 0.29) is 17.0 Å². The zero-order valence-electron chi connectivity index (χ0n) is 16.4. The average Bonchev–Trinajstić information content (AvgIpc) is 3.40. The number of piperidine rings is 1. The molecule has 3 aliphatic rings. The van der Waals surface area contributed by atoms with E-state index in [1.165, 1.54) is 12.8 Å². The first-order valence-corrected chi connectivity index (χ1v) is 10.2. The topological polar surface area (TPSA) is 78.7 Å². The van der Waals surface area contributed by atoms with Gasteiger partial charge in [0, 0.05) is 43.9 Å². The minimum atomic E-state index is -0.990. The molecule has 1 amide bonds. The van der Waals surface area contributed by atoms with E-state index in [1.54, 1.807) is 0 Å². The Kier molecular flexibility index (Phi) is 4.74. The number of aromatic carboxylic acids is 1. The Bertz CT molecular complexity index is 755. The molecule has 1 saturated carbocycles. The summed E-state index contributed by atoms with van der Waals surface area (Å²) in [7, 11) is 0. The van der Waals surface area contributed by atoms with Crippen LogP contribution in [0.1, 0.15) is 61.3 Å². The van der Waals surface area contributed by atoms with Crippen LogP contribution in [0, 0.1) is 11.3 Å². The van der Waals surface area contributed by atoms with Crippen LogP contribution in [-0.4, -0.2) is 62.7 Å². The molecule has 1 aliphatic carbocycles. The van der Waals surface area contributed by atoms with Crippen molar-refractivity contribution in [1.29, 1.82) is 0 Å². The second-order valence-electron chi connectivity index (χ2n) is 8.71. The fraction of sp³-hybridized carbons (Fsp3) is 0.750. The van der Waals surface area contributed by atoms with Crippen LogP contribution in [0.4, 0.5) is 0 Å². The van der Waals surface area contributed by atoms with Crippen molar-refractivity contribution in [2.75, 3.05) is 26.2 Å². The Morgan fingerprint density at radius 3 is 2.74 bits per heavy atom. The molecule has 1 saturated heterocycles. The molecule has 0 spiro atoms. The molecule has 7 nitrogen and oxygen atoms in total. The number of likely N-dealkylation sites (tertiary alicyclic amines) is 1. The molecule has 1 unspecified atom stereocenters. The van der Waals surface area contributed by atoms with Crippen molar-refractivity contribution >= 4 is 11.9 Å². The summed E-state index contributed by atoms with van der Waals surface area (Å²) >= 11 is 0. The van der Waals surface area contributed by atoms with Gasteiger partial charge in [0.15, 0.2) is 5.69 Å². The molecular formula is C20H30N4O3. The highest BCUT2D eigenvalue weighted by atomic mass is 16.4. The fourth-order valence-electron chi connectivity index (χ4n) is 4.70. The van der Waals surface area contributed by atoms with Gasteiger partial charge in [-0.05, 0) is 51.6 Å². The first-order chi connectivity index (χ1) is 12.9. The number of carboxylic acids is 1. The number of amides is 1. The van der Waals surface area contributed by atoms with Gasteiger partial charge in [-0.2, -0.15) is 5.10 Å². The number of hydrogen-bond donors (Lipinski definition) is 1. The molecular weight excluding hydrogens is 344 g/mol. The van der Waals surface area contributed by atoms with Crippen molar-refractivity contribution < 1.29 is 14.7 Å². The summed E-state index contributed by atoms with van der Waals surface area (Å²) in [5.41, 5.74) is 1.52. The zero-order valence-corrected chi connectivity index (χ0v) is 16.4. The molecule has 4 rings (SSSR count). The number of carbonyl (C=O) groups excluding carboxylic acids is 1. The van der Waals surface area contributed by atoms with Crippen LogP contribution in [0.2, 0.25) is 0 Å². The van der Waals surface area contributed by atoms with Crippen LogP contribution >= 0.6 is 0 Å². The smallest absolute Gasteiger partial charge is 0.356 e. The normalized spacial score (nSPS) is 26.1. The molecule has 1 aromatic rings. The molecule has 7 heteroatoms. The Morgan fingerprint density at radius 1 is 1.30 bits per heavy atom. The highest BCUT2D eigenvalue weighted by Crippen LogP contribution is 2.35. The van der Waals surface area contributed by atoms with E-state index in [2.05, 4.69) is 23.8 Å². The molecule has 1 aromatic heterocycles. The van der Waals surface area contributed by atoms with Crippen molar-refractivity contribution in [3.05, 3.63) is 17.0 Å². The van der Waals surface area contributed by atoms with E-state index >= 15 is 0 Å². The first kappa shape index (κ1) is 18.5. The molecule has 1 N–H and O–H groups in total. The first-order valence-electron chi connectivity index (χ1n) is 10.2. The highest BCUT2D eigenvalue weighted by Gasteiger charge is 2.42. The van der Waals surface area contributed by atoms with Gasteiger partial charge in [0.05, 0.1) is 5.41 Å². The third-order valence-corrected chi connectivity index (χ3v) is 6.49. The van der Waals surface area contributed by atoms with Gasteiger partial charge in [-0.25, -0.2) is 4.79 Å². The standard InChI is InChI=1S/C20H30N4O3/c1-3-22-9-4-8-20(2,13-22)19(27)23-10-7-16-15(12-23)17(18(25)26)21-24(16)11-14-5-6-14/h14H,3-13H2,1-2H3,(H,25,26). The lowest BCUT2D eigenvalue weighted by atomic mass is 9.80. The Balaban J connectivity index is 1.56. The van der Waals surface area contributed by atoms with E-state index < -0.39 is 5.97 Å². The maximum absolute atomic E-state index is 13.3. The average molecular weight is 374 g/mol. The van der Waals surface area contributed by atoms with Gasteiger partial charge in [0.2, 0.25) is 5.91 Å². The van der Waals surface area contributed by atoms with Crippen molar-refractivity contribution in [2.45, 2.75) is 59.0 Å². The number of rotatable bonds is 5. The maximum atomic E-state index is 13.3. The van der Waals surface area contributed by atoms with Crippen molar-refractivity contribution in [1.82, 2.24) is 19.6 Å². The lowest BCUT2D eigenvalue weighted by Crippen LogP contribution is -2.52. The SMILES string of the molecule is CCN1CCCC(C)(C(=O)N2CCc3c(c(C(=O)O)nn3CC3CC3)C2)C1. The van der Waals surface area contributed by atoms with Gasteiger partial charge in [0.1, 0.15) is 0 Å². The monoisotopic (exact) mass is 374 g/mol. The van der Waals surface area contributed by atoms with Gasteiger partial charge in [-0.1, -0.05) is 6.92 Å². The summed E-state index contributed by atoms with van der Waals surface area (Å²) in [6, 6.07) is 0. The molecule has 27 heavy (non-hydrogen) atoms. The third-order valence-electron chi connectivity index (χ3n) is 6.49. The van der Waals surface area contributed by atoms with Crippen LogP contribution in [0.25, 0.3) is 0 Å². The van der Waals surface area contributed by atoms with Crippen LogP contribution in [-0.2, 0) is 24.3 Å². The van der Waals surface area contributed by atoms with E-state index in [1.807, 2.05) is 9.58 Å². The van der Waals surface area contributed by atoms with Crippen molar-refractivity contribution in [3.8, 4) is 0 Å². The van der Waals surface area contributed by atoms with Crippen molar-refractivity contribution in [3.63, 3.8) is 0 Å². The number of fused-ring (bicyclic) bond motifs is 1. The van der Waals surface area contributed by atoms with Crippen LogP contribution in [0.3, 0.4) is 0 Å².